The highest BCUT2D eigenvalue weighted by molar-refractivity contribution is 5.94. The molecule has 0 saturated carbocycles. The number of aryl methyl sites for hydroxylation is 1. The van der Waals surface area contributed by atoms with E-state index < -0.39 is 0 Å². The van der Waals surface area contributed by atoms with Crippen LogP contribution in [0.15, 0.2) is 24.3 Å². The van der Waals surface area contributed by atoms with Crippen molar-refractivity contribution in [3.8, 4) is 0 Å². The minimum Gasteiger partial charge on any atom is -0.325 e. The maximum Gasteiger partial charge on any atom is 0.241 e. The fourth-order valence-electron chi connectivity index (χ4n) is 1.52. The van der Waals surface area contributed by atoms with E-state index in [0.717, 1.165) is 12.1 Å². The van der Waals surface area contributed by atoms with Crippen LogP contribution in [-0.2, 0) is 11.2 Å². The topological polar surface area (TPSA) is 41.1 Å². The first-order valence-corrected chi connectivity index (χ1v) is 6.24. The van der Waals surface area contributed by atoms with Gasteiger partial charge in [0.2, 0.25) is 5.91 Å². The van der Waals surface area contributed by atoms with Gasteiger partial charge in [-0.1, -0.05) is 25.5 Å². The highest BCUT2D eigenvalue weighted by Gasteiger charge is 2.09. The van der Waals surface area contributed by atoms with Crippen molar-refractivity contribution in [3.05, 3.63) is 29.8 Å². The third kappa shape index (κ3) is 4.57. The van der Waals surface area contributed by atoms with Crippen LogP contribution in [0, 0.1) is 0 Å². The largest absolute Gasteiger partial charge is 0.325 e. The van der Waals surface area contributed by atoms with Gasteiger partial charge in [0, 0.05) is 5.69 Å². The molecule has 94 valence electrons. The lowest BCUT2D eigenvalue weighted by atomic mass is 10.1. The number of benzene rings is 1. The van der Waals surface area contributed by atoms with Gasteiger partial charge in [-0.05, 0) is 44.5 Å². The first-order chi connectivity index (χ1) is 8.17. The molecule has 3 nitrogen and oxygen atoms in total. The van der Waals surface area contributed by atoms with E-state index in [2.05, 4.69) is 29.7 Å². The zero-order valence-corrected chi connectivity index (χ0v) is 10.9. The van der Waals surface area contributed by atoms with Crippen molar-refractivity contribution in [2.45, 2.75) is 39.2 Å². The molecule has 1 atom stereocenters. The van der Waals surface area contributed by atoms with Crippen LogP contribution in [-0.4, -0.2) is 19.0 Å². The van der Waals surface area contributed by atoms with Crippen LogP contribution in [0.2, 0.25) is 0 Å². The maximum absolute atomic E-state index is 11.6. The van der Waals surface area contributed by atoms with Gasteiger partial charge in [0.15, 0.2) is 0 Å². The number of rotatable bonds is 6. The van der Waals surface area contributed by atoms with E-state index in [-0.39, 0.29) is 11.9 Å². The van der Waals surface area contributed by atoms with Crippen molar-refractivity contribution in [1.29, 1.82) is 0 Å². The Morgan fingerprint density at radius 1 is 1.29 bits per heavy atom. The summed E-state index contributed by atoms with van der Waals surface area (Å²) in [7, 11) is 1.78. The molecular formula is C14H22N2O. The number of unbranched alkanes of at least 4 members (excludes halogenated alkanes) is 1. The lowest BCUT2D eigenvalue weighted by Crippen LogP contribution is -2.35. The second-order valence-electron chi connectivity index (χ2n) is 4.30. The molecule has 0 fully saturated rings. The summed E-state index contributed by atoms with van der Waals surface area (Å²) < 4.78 is 0. The number of carbonyl (C=O) groups is 1. The summed E-state index contributed by atoms with van der Waals surface area (Å²) in [6.07, 6.45) is 3.53. The summed E-state index contributed by atoms with van der Waals surface area (Å²) in [6.45, 7) is 4.03. The molecule has 0 aliphatic rings. The molecule has 0 aromatic heterocycles. The Hall–Kier alpha value is -1.35. The van der Waals surface area contributed by atoms with Crippen molar-refractivity contribution in [1.82, 2.24) is 5.32 Å². The van der Waals surface area contributed by atoms with E-state index in [1.54, 1.807) is 7.05 Å². The van der Waals surface area contributed by atoms with Crippen LogP contribution in [0.4, 0.5) is 5.69 Å². The summed E-state index contributed by atoms with van der Waals surface area (Å²) in [5.74, 6) is -0.00573. The van der Waals surface area contributed by atoms with E-state index >= 15 is 0 Å². The molecule has 17 heavy (non-hydrogen) atoms. The molecule has 0 saturated heterocycles. The number of carbonyl (C=O) groups excluding carboxylic acids is 1. The molecule has 0 aliphatic carbocycles. The van der Waals surface area contributed by atoms with Crippen molar-refractivity contribution in [2.24, 2.45) is 0 Å². The smallest absolute Gasteiger partial charge is 0.241 e. The second kappa shape index (κ2) is 7.07. The van der Waals surface area contributed by atoms with Gasteiger partial charge in [0.1, 0.15) is 0 Å². The number of nitrogens with one attached hydrogen (secondary N) is 2. The number of hydrogen-bond acceptors (Lipinski definition) is 2. The molecule has 0 heterocycles. The normalized spacial score (nSPS) is 12.2. The molecule has 0 unspecified atom stereocenters. The van der Waals surface area contributed by atoms with Gasteiger partial charge in [0.25, 0.3) is 0 Å². The maximum atomic E-state index is 11.6. The van der Waals surface area contributed by atoms with Gasteiger partial charge in [-0.3, -0.25) is 4.79 Å². The Kier molecular flexibility index (Phi) is 5.70. The van der Waals surface area contributed by atoms with Crippen LogP contribution in [0.5, 0.6) is 0 Å². The zero-order valence-electron chi connectivity index (χ0n) is 10.9. The van der Waals surface area contributed by atoms with Gasteiger partial charge in [-0.2, -0.15) is 0 Å². The summed E-state index contributed by atoms with van der Waals surface area (Å²) in [5.41, 5.74) is 2.18. The fourth-order valence-corrected chi connectivity index (χ4v) is 1.52. The van der Waals surface area contributed by atoms with Crippen molar-refractivity contribution in [2.75, 3.05) is 12.4 Å². The Bertz CT molecular complexity index is 346. The van der Waals surface area contributed by atoms with Gasteiger partial charge in [-0.15, -0.1) is 0 Å². The highest BCUT2D eigenvalue weighted by atomic mass is 16.2. The summed E-state index contributed by atoms with van der Waals surface area (Å²) >= 11 is 0. The molecule has 0 spiro atoms. The standard InChI is InChI=1S/C14H22N2O/c1-4-5-6-12-7-9-13(10-8-12)16-14(17)11(2)15-3/h7-11,15H,4-6H2,1-3H3,(H,16,17)/t11-/m0/s1. The first-order valence-electron chi connectivity index (χ1n) is 6.24. The van der Waals surface area contributed by atoms with Gasteiger partial charge in [0.05, 0.1) is 6.04 Å². The Morgan fingerprint density at radius 3 is 2.47 bits per heavy atom. The Balaban J connectivity index is 2.53. The summed E-state index contributed by atoms with van der Waals surface area (Å²) in [6, 6.07) is 7.91. The van der Waals surface area contributed by atoms with Crippen LogP contribution < -0.4 is 10.6 Å². The average Bonchev–Trinajstić information content (AvgIpc) is 2.37. The first kappa shape index (κ1) is 13.7. The van der Waals surface area contributed by atoms with E-state index in [4.69, 9.17) is 0 Å². The molecular weight excluding hydrogens is 212 g/mol. The summed E-state index contributed by atoms with van der Waals surface area (Å²) in [4.78, 5) is 11.6. The molecule has 0 bridgehead atoms. The predicted octanol–water partition coefficient (Wildman–Crippen LogP) is 2.58. The average molecular weight is 234 g/mol. The number of anilines is 1. The monoisotopic (exact) mass is 234 g/mol. The Labute approximate surface area is 104 Å². The molecule has 2 N–H and O–H groups in total. The van der Waals surface area contributed by atoms with Crippen molar-refractivity contribution < 1.29 is 4.79 Å². The minimum absolute atomic E-state index is 0.00573. The second-order valence-corrected chi connectivity index (χ2v) is 4.30. The van der Waals surface area contributed by atoms with E-state index in [9.17, 15) is 4.79 Å². The third-order valence-electron chi connectivity index (χ3n) is 2.87. The molecule has 1 aromatic rings. The van der Waals surface area contributed by atoms with E-state index in [1.165, 1.54) is 18.4 Å². The molecule has 1 amide bonds. The molecule has 1 aromatic carbocycles. The molecule has 3 heteroatoms. The van der Waals surface area contributed by atoms with Crippen molar-refractivity contribution in [3.63, 3.8) is 0 Å². The van der Waals surface area contributed by atoms with Crippen LogP contribution in [0.1, 0.15) is 32.3 Å². The van der Waals surface area contributed by atoms with Crippen LogP contribution in [0.25, 0.3) is 0 Å². The van der Waals surface area contributed by atoms with Crippen molar-refractivity contribution >= 4 is 11.6 Å². The minimum atomic E-state index is -0.172. The van der Waals surface area contributed by atoms with E-state index in [0.29, 0.717) is 0 Å². The zero-order chi connectivity index (χ0) is 12.7. The molecule has 0 aliphatic heterocycles. The lowest BCUT2D eigenvalue weighted by Gasteiger charge is -2.11. The number of likely N-dealkylation sites (N-methyl/N-ethyl adjacent to an activating group) is 1. The van der Waals surface area contributed by atoms with E-state index in [1.807, 2.05) is 19.1 Å². The molecule has 1 rings (SSSR count). The molecule has 0 radical (unpaired) electrons. The van der Waals surface area contributed by atoms with Gasteiger partial charge in [-0.25, -0.2) is 0 Å². The number of hydrogen-bond donors (Lipinski definition) is 2. The van der Waals surface area contributed by atoms with Crippen LogP contribution >= 0.6 is 0 Å². The highest BCUT2D eigenvalue weighted by Crippen LogP contribution is 2.12. The predicted molar refractivity (Wildman–Crippen MR) is 72.2 cm³/mol. The Morgan fingerprint density at radius 2 is 1.94 bits per heavy atom. The van der Waals surface area contributed by atoms with Gasteiger partial charge < -0.3 is 10.6 Å². The lowest BCUT2D eigenvalue weighted by molar-refractivity contribution is -0.117. The SMILES string of the molecule is CCCCc1ccc(NC(=O)[C@H](C)NC)cc1. The quantitative estimate of drug-likeness (QED) is 0.794. The van der Waals surface area contributed by atoms with Crippen LogP contribution in [0.3, 0.4) is 0 Å². The third-order valence-corrected chi connectivity index (χ3v) is 2.87. The summed E-state index contributed by atoms with van der Waals surface area (Å²) in [5, 5.41) is 5.79. The van der Waals surface area contributed by atoms with Gasteiger partial charge >= 0.3 is 0 Å². The number of amides is 1. The fraction of sp³-hybridized carbons (Fsp3) is 0.500.